The number of rotatable bonds is 4. The second kappa shape index (κ2) is 9.47. The van der Waals surface area contributed by atoms with Crippen molar-refractivity contribution in [3.05, 3.63) is 45.0 Å². The Morgan fingerprint density at radius 1 is 0.742 bits per heavy atom. The number of H-pyrrole nitrogens is 1. The van der Waals surface area contributed by atoms with Crippen molar-refractivity contribution < 1.29 is 9.59 Å². The van der Waals surface area contributed by atoms with Crippen molar-refractivity contribution >= 4 is 22.6 Å². The summed E-state index contributed by atoms with van der Waals surface area (Å²) in [4.78, 5) is 55.9. The number of nitrogens with zero attached hydrogens (tertiary/aromatic N) is 4. The van der Waals surface area contributed by atoms with E-state index in [0.29, 0.717) is 43.5 Å². The van der Waals surface area contributed by atoms with E-state index in [1.165, 1.54) is 12.8 Å². The minimum Gasteiger partial charge on any atom is -0.342 e. The quantitative estimate of drug-likeness (QED) is 0.754. The highest BCUT2D eigenvalue weighted by Crippen LogP contribution is 2.11. The lowest BCUT2D eigenvalue weighted by atomic mass is 10.2. The summed E-state index contributed by atoms with van der Waals surface area (Å²) in [5.74, 6) is -0.0477. The fourth-order valence-electron chi connectivity index (χ4n) is 4.36. The van der Waals surface area contributed by atoms with E-state index in [4.69, 9.17) is 0 Å². The maximum Gasteiger partial charge on any atom is 0.273 e. The highest BCUT2D eigenvalue weighted by Gasteiger charge is 2.25. The number of hydrogen-bond acceptors (Lipinski definition) is 5. The highest BCUT2D eigenvalue weighted by molar-refractivity contribution is 5.81. The van der Waals surface area contributed by atoms with Crippen molar-refractivity contribution in [3.63, 3.8) is 0 Å². The van der Waals surface area contributed by atoms with Crippen molar-refractivity contribution in [1.29, 1.82) is 0 Å². The van der Waals surface area contributed by atoms with Crippen molar-refractivity contribution in [3.8, 4) is 0 Å². The smallest absolute Gasteiger partial charge is 0.273 e. The molecular weight excluding hydrogens is 398 g/mol. The summed E-state index contributed by atoms with van der Waals surface area (Å²) in [6.45, 7) is 4.11. The summed E-state index contributed by atoms with van der Waals surface area (Å²) < 4.78 is 1.09. The molecule has 0 atom stereocenters. The summed E-state index contributed by atoms with van der Waals surface area (Å²) in [6.07, 6.45) is 4.53. The first-order valence-electron chi connectivity index (χ1n) is 11.0. The molecule has 2 aliphatic rings. The molecule has 0 bridgehead atoms. The Hall–Kier alpha value is -2.94. The molecule has 9 nitrogen and oxygen atoms in total. The van der Waals surface area contributed by atoms with Gasteiger partial charge in [0.1, 0.15) is 6.54 Å². The molecule has 9 heteroatoms. The Morgan fingerprint density at radius 2 is 1.32 bits per heavy atom. The molecule has 1 aromatic carbocycles. The fourth-order valence-corrected chi connectivity index (χ4v) is 4.36. The lowest BCUT2D eigenvalue weighted by Gasteiger charge is -2.35. The van der Waals surface area contributed by atoms with E-state index in [1.807, 2.05) is 4.90 Å². The van der Waals surface area contributed by atoms with Gasteiger partial charge in [0, 0.05) is 39.3 Å². The number of carbonyl (C=O) groups excluding carboxylic acids is 2. The van der Waals surface area contributed by atoms with Crippen LogP contribution in [0.5, 0.6) is 0 Å². The Balaban J connectivity index is 1.33. The van der Waals surface area contributed by atoms with Gasteiger partial charge in [-0.15, -0.1) is 0 Å². The standard InChI is InChI=1S/C22H29N5O4/c28-19(25-9-5-1-2-6-10-25)15-24-11-13-26(14-12-24)20(29)16-27-22(31)18-8-4-3-7-17(18)21(30)23-27/h3-4,7-8H,1-2,5-6,9-16H2,(H,23,30). The summed E-state index contributed by atoms with van der Waals surface area (Å²) in [5.41, 5.74) is -0.773. The third kappa shape index (κ3) is 4.87. The third-order valence-electron chi connectivity index (χ3n) is 6.22. The zero-order chi connectivity index (χ0) is 21.8. The molecule has 2 amide bonds. The highest BCUT2D eigenvalue weighted by atomic mass is 16.2. The number of aromatic nitrogens is 2. The molecule has 0 unspecified atom stereocenters. The van der Waals surface area contributed by atoms with Crippen LogP contribution in [0.3, 0.4) is 0 Å². The van der Waals surface area contributed by atoms with Gasteiger partial charge in [-0.25, -0.2) is 4.68 Å². The zero-order valence-electron chi connectivity index (χ0n) is 17.7. The SMILES string of the molecule is O=C(CN1CCN(C(=O)Cn2[nH]c(=O)c3ccccc3c2=O)CC1)N1CCCCCC1. The average molecular weight is 428 g/mol. The number of hydrogen-bond donors (Lipinski definition) is 1. The van der Waals surface area contributed by atoms with Gasteiger partial charge in [0.15, 0.2) is 0 Å². The molecule has 2 saturated heterocycles. The van der Waals surface area contributed by atoms with Crippen LogP contribution in [0, 0.1) is 0 Å². The monoisotopic (exact) mass is 427 g/mol. The molecular formula is C22H29N5O4. The maximum atomic E-state index is 12.7. The molecule has 166 valence electrons. The van der Waals surface area contributed by atoms with Gasteiger partial charge in [0.2, 0.25) is 11.8 Å². The molecule has 0 radical (unpaired) electrons. The van der Waals surface area contributed by atoms with Gasteiger partial charge < -0.3 is 9.80 Å². The second-order valence-corrected chi connectivity index (χ2v) is 8.33. The number of amides is 2. The van der Waals surface area contributed by atoms with Crippen LogP contribution < -0.4 is 11.1 Å². The lowest BCUT2D eigenvalue weighted by Crippen LogP contribution is -2.52. The number of nitrogens with one attached hydrogen (secondary N) is 1. The zero-order valence-corrected chi connectivity index (χ0v) is 17.7. The Kier molecular flexibility index (Phi) is 6.50. The van der Waals surface area contributed by atoms with Crippen molar-refractivity contribution in [2.24, 2.45) is 0 Å². The number of aromatic amines is 1. The summed E-state index contributed by atoms with van der Waals surface area (Å²) in [6, 6.07) is 6.58. The predicted molar refractivity (Wildman–Crippen MR) is 117 cm³/mol. The lowest BCUT2D eigenvalue weighted by molar-refractivity contribution is -0.135. The van der Waals surface area contributed by atoms with Gasteiger partial charge in [0.05, 0.1) is 17.3 Å². The number of piperazine rings is 1. The van der Waals surface area contributed by atoms with Crippen LogP contribution in [-0.4, -0.2) is 82.1 Å². The predicted octanol–water partition coefficient (Wildman–Crippen LogP) is 0.237. The topological polar surface area (TPSA) is 98.7 Å². The molecule has 1 aromatic heterocycles. The van der Waals surface area contributed by atoms with E-state index in [-0.39, 0.29) is 29.5 Å². The molecule has 2 aliphatic heterocycles. The van der Waals surface area contributed by atoms with Crippen LogP contribution >= 0.6 is 0 Å². The van der Waals surface area contributed by atoms with Gasteiger partial charge in [-0.1, -0.05) is 25.0 Å². The van der Waals surface area contributed by atoms with Crippen LogP contribution in [0.25, 0.3) is 10.8 Å². The molecule has 31 heavy (non-hydrogen) atoms. The van der Waals surface area contributed by atoms with Crippen molar-refractivity contribution in [2.45, 2.75) is 32.2 Å². The fraction of sp³-hybridized carbons (Fsp3) is 0.545. The summed E-state index contributed by atoms with van der Waals surface area (Å²) >= 11 is 0. The van der Waals surface area contributed by atoms with Crippen LogP contribution in [0.4, 0.5) is 0 Å². The van der Waals surface area contributed by atoms with E-state index in [2.05, 4.69) is 10.00 Å². The molecule has 0 spiro atoms. The maximum absolute atomic E-state index is 12.7. The third-order valence-corrected chi connectivity index (χ3v) is 6.22. The number of likely N-dealkylation sites (tertiary alicyclic amines) is 1. The van der Waals surface area contributed by atoms with Gasteiger partial charge >= 0.3 is 0 Å². The first-order valence-corrected chi connectivity index (χ1v) is 11.0. The van der Waals surface area contributed by atoms with Gasteiger partial charge in [-0.2, -0.15) is 0 Å². The van der Waals surface area contributed by atoms with Crippen LogP contribution in [-0.2, 0) is 16.1 Å². The van der Waals surface area contributed by atoms with Crippen LogP contribution in [0.1, 0.15) is 25.7 Å². The molecule has 4 rings (SSSR count). The summed E-state index contributed by atoms with van der Waals surface area (Å²) in [5, 5.41) is 3.13. The largest absolute Gasteiger partial charge is 0.342 e. The van der Waals surface area contributed by atoms with Crippen LogP contribution in [0.2, 0.25) is 0 Å². The molecule has 2 aromatic rings. The van der Waals surface area contributed by atoms with Gasteiger partial charge in [-0.05, 0) is 25.0 Å². The Bertz CT molecular complexity index is 1060. The summed E-state index contributed by atoms with van der Waals surface area (Å²) in [7, 11) is 0. The number of fused-ring (bicyclic) bond motifs is 1. The first kappa shape index (κ1) is 21.3. The normalized spacial score (nSPS) is 18.2. The van der Waals surface area contributed by atoms with E-state index >= 15 is 0 Å². The van der Waals surface area contributed by atoms with Crippen LogP contribution in [0.15, 0.2) is 33.9 Å². The van der Waals surface area contributed by atoms with Gasteiger partial charge in [0.25, 0.3) is 11.1 Å². The minimum absolute atomic E-state index is 0.168. The minimum atomic E-state index is -0.389. The van der Waals surface area contributed by atoms with E-state index in [1.54, 1.807) is 29.2 Å². The number of benzene rings is 1. The number of carbonyl (C=O) groups is 2. The van der Waals surface area contributed by atoms with Gasteiger partial charge in [-0.3, -0.25) is 29.2 Å². The second-order valence-electron chi connectivity index (χ2n) is 8.33. The van der Waals surface area contributed by atoms with Crippen molar-refractivity contribution in [2.75, 3.05) is 45.8 Å². The Morgan fingerprint density at radius 3 is 2.00 bits per heavy atom. The molecule has 0 saturated carbocycles. The van der Waals surface area contributed by atoms with E-state index in [0.717, 1.165) is 30.6 Å². The molecule has 2 fully saturated rings. The van der Waals surface area contributed by atoms with E-state index in [9.17, 15) is 19.2 Å². The van der Waals surface area contributed by atoms with Crippen molar-refractivity contribution in [1.82, 2.24) is 24.5 Å². The average Bonchev–Trinajstić information content (AvgIpc) is 3.07. The van der Waals surface area contributed by atoms with E-state index < -0.39 is 0 Å². The molecule has 0 aliphatic carbocycles. The Labute approximate surface area is 180 Å². The molecule has 3 heterocycles. The first-order chi connectivity index (χ1) is 15.0. The molecule has 1 N–H and O–H groups in total.